The zero-order chi connectivity index (χ0) is 15.5. The van der Waals surface area contributed by atoms with Gasteiger partial charge in [0.15, 0.2) is 0 Å². The number of hydrogen-bond acceptors (Lipinski definition) is 2. The van der Waals surface area contributed by atoms with Crippen LogP contribution >= 0.6 is 0 Å². The summed E-state index contributed by atoms with van der Waals surface area (Å²) in [4.78, 5) is 4.78. The van der Waals surface area contributed by atoms with Crippen LogP contribution in [0.1, 0.15) is 17.0 Å². The number of likely N-dealkylation sites (N-methyl/N-ethyl adjacent to an activating group) is 1. The second-order valence-corrected chi connectivity index (χ2v) is 6.37. The lowest BCUT2D eigenvalue weighted by atomic mass is 9.94. The lowest BCUT2D eigenvalue weighted by molar-refractivity contribution is 0.260. The Morgan fingerprint density at radius 2 is 1.68 bits per heavy atom. The second-order valence-electron chi connectivity index (χ2n) is 6.37. The van der Waals surface area contributed by atoms with Crippen molar-refractivity contribution in [1.82, 2.24) is 9.80 Å². The molecule has 0 spiro atoms. The van der Waals surface area contributed by atoms with Crippen molar-refractivity contribution in [3.63, 3.8) is 0 Å². The van der Waals surface area contributed by atoms with Crippen LogP contribution in [0.2, 0.25) is 0 Å². The summed E-state index contributed by atoms with van der Waals surface area (Å²) in [6, 6.07) is 18.1. The molecular formula is C19H23FN2. The van der Waals surface area contributed by atoms with Gasteiger partial charge in [-0.15, -0.1) is 0 Å². The van der Waals surface area contributed by atoms with Crippen LogP contribution in [0.4, 0.5) is 4.39 Å². The van der Waals surface area contributed by atoms with E-state index in [4.69, 9.17) is 0 Å². The lowest BCUT2D eigenvalue weighted by Crippen LogP contribution is -2.34. The number of rotatable bonds is 4. The molecule has 2 atom stereocenters. The van der Waals surface area contributed by atoms with Crippen molar-refractivity contribution >= 4 is 0 Å². The average molecular weight is 298 g/mol. The summed E-state index contributed by atoms with van der Waals surface area (Å²) in [5.74, 6) is 0.267. The van der Waals surface area contributed by atoms with Crippen LogP contribution in [0.15, 0.2) is 54.6 Å². The van der Waals surface area contributed by atoms with Crippen molar-refractivity contribution in [1.29, 1.82) is 0 Å². The van der Waals surface area contributed by atoms with Crippen molar-refractivity contribution < 1.29 is 4.39 Å². The van der Waals surface area contributed by atoms with Crippen LogP contribution in [0.5, 0.6) is 0 Å². The highest BCUT2D eigenvalue weighted by Gasteiger charge is 2.34. The number of benzene rings is 2. The van der Waals surface area contributed by atoms with Gasteiger partial charge in [-0.1, -0.05) is 42.5 Å². The monoisotopic (exact) mass is 298 g/mol. The topological polar surface area (TPSA) is 6.48 Å². The quantitative estimate of drug-likeness (QED) is 0.854. The molecule has 0 bridgehead atoms. The fourth-order valence-electron chi connectivity index (χ4n) is 3.40. The second kappa shape index (κ2) is 6.59. The molecule has 1 aliphatic rings. The van der Waals surface area contributed by atoms with E-state index >= 15 is 0 Å². The summed E-state index contributed by atoms with van der Waals surface area (Å²) >= 11 is 0. The third-order valence-electron chi connectivity index (χ3n) is 4.58. The zero-order valence-corrected chi connectivity index (χ0v) is 13.2. The summed E-state index contributed by atoms with van der Waals surface area (Å²) in [7, 11) is 4.26. The van der Waals surface area contributed by atoms with Gasteiger partial charge in [0.05, 0.1) is 0 Å². The standard InChI is InChI=1S/C19H23FN2/c1-21(2)19-14-22(12-15-6-4-3-5-7-15)13-18(19)16-8-10-17(20)11-9-16/h3-11,18-19H,12-14H2,1-2H3. The van der Waals surface area contributed by atoms with Gasteiger partial charge < -0.3 is 4.90 Å². The van der Waals surface area contributed by atoms with Crippen molar-refractivity contribution in [3.05, 3.63) is 71.5 Å². The molecule has 0 N–H and O–H groups in total. The maximum atomic E-state index is 13.2. The van der Waals surface area contributed by atoms with Gasteiger partial charge in [0, 0.05) is 31.6 Å². The maximum absolute atomic E-state index is 13.2. The van der Waals surface area contributed by atoms with Gasteiger partial charge in [-0.3, -0.25) is 4.90 Å². The highest BCUT2D eigenvalue weighted by molar-refractivity contribution is 5.25. The van der Waals surface area contributed by atoms with Gasteiger partial charge in [0.25, 0.3) is 0 Å². The first-order valence-electron chi connectivity index (χ1n) is 7.81. The fourth-order valence-corrected chi connectivity index (χ4v) is 3.40. The van der Waals surface area contributed by atoms with E-state index in [9.17, 15) is 4.39 Å². The van der Waals surface area contributed by atoms with Gasteiger partial charge in [0.1, 0.15) is 5.82 Å². The number of likely N-dealkylation sites (tertiary alicyclic amines) is 1. The molecule has 22 heavy (non-hydrogen) atoms. The van der Waals surface area contributed by atoms with Crippen molar-refractivity contribution in [2.45, 2.75) is 18.5 Å². The fraction of sp³-hybridized carbons (Fsp3) is 0.368. The van der Waals surface area contributed by atoms with Gasteiger partial charge in [-0.2, -0.15) is 0 Å². The molecule has 2 unspecified atom stereocenters. The third-order valence-corrected chi connectivity index (χ3v) is 4.58. The molecule has 2 nitrogen and oxygen atoms in total. The van der Waals surface area contributed by atoms with Crippen molar-refractivity contribution in [2.75, 3.05) is 27.2 Å². The zero-order valence-electron chi connectivity index (χ0n) is 13.2. The molecule has 0 saturated carbocycles. The molecule has 3 rings (SSSR count). The number of nitrogens with zero attached hydrogens (tertiary/aromatic N) is 2. The van der Waals surface area contributed by atoms with Crippen LogP contribution in [-0.2, 0) is 6.54 Å². The molecule has 116 valence electrons. The summed E-state index contributed by atoms with van der Waals surface area (Å²) in [5, 5.41) is 0. The molecule has 2 aromatic carbocycles. The summed E-state index contributed by atoms with van der Waals surface area (Å²) in [6.45, 7) is 3.04. The Morgan fingerprint density at radius 1 is 1.00 bits per heavy atom. The Bertz CT molecular complexity index is 595. The Morgan fingerprint density at radius 3 is 2.32 bits per heavy atom. The largest absolute Gasteiger partial charge is 0.305 e. The molecule has 0 amide bonds. The minimum Gasteiger partial charge on any atom is -0.305 e. The molecule has 0 aromatic heterocycles. The molecule has 0 aliphatic carbocycles. The Kier molecular flexibility index (Phi) is 4.55. The number of halogens is 1. The van der Waals surface area contributed by atoms with Crippen molar-refractivity contribution in [3.8, 4) is 0 Å². The minimum absolute atomic E-state index is 0.163. The summed E-state index contributed by atoms with van der Waals surface area (Å²) < 4.78 is 13.2. The minimum atomic E-state index is -0.163. The van der Waals surface area contributed by atoms with E-state index in [0.717, 1.165) is 19.6 Å². The van der Waals surface area contributed by atoms with Gasteiger partial charge >= 0.3 is 0 Å². The smallest absolute Gasteiger partial charge is 0.123 e. The molecule has 2 aromatic rings. The molecule has 1 heterocycles. The predicted molar refractivity (Wildman–Crippen MR) is 88.3 cm³/mol. The molecule has 1 saturated heterocycles. The Labute approximate surface area is 132 Å². The van der Waals surface area contributed by atoms with E-state index in [1.165, 1.54) is 11.1 Å². The van der Waals surface area contributed by atoms with Crippen LogP contribution < -0.4 is 0 Å². The SMILES string of the molecule is CN(C)C1CN(Cc2ccccc2)CC1c1ccc(F)cc1. The predicted octanol–water partition coefficient (Wildman–Crippen LogP) is 3.36. The van der Waals surface area contributed by atoms with E-state index in [1.807, 2.05) is 12.1 Å². The molecule has 1 aliphatic heterocycles. The van der Waals surface area contributed by atoms with Gasteiger partial charge in [-0.25, -0.2) is 4.39 Å². The molecular weight excluding hydrogens is 275 g/mol. The van der Waals surface area contributed by atoms with E-state index in [2.05, 4.69) is 54.2 Å². The third kappa shape index (κ3) is 3.37. The highest BCUT2D eigenvalue weighted by Crippen LogP contribution is 2.31. The van der Waals surface area contributed by atoms with Gasteiger partial charge in [-0.05, 0) is 37.4 Å². The lowest BCUT2D eigenvalue weighted by Gasteiger charge is -2.25. The Balaban J connectivity index is 1.76. The first-order chi connectivity index (χ1) is 10.6. The van der Waals surface area contributed by atoms with Crippen LogP contribution in [0.3, 0.4) is 0 Å². The number of hydrogen-bond donors (Lipinski definition) is 0. The van der Waals surface area contributed by atoms with Crippen molar-refractivity contribution in [2.24, 2.45) is 0 Å². The van der Waals surface area contributed by atoms with Gasteiger partial charge in [0.2, 0.25) is 0 Å². The van der Waals surface area contributed by atoms with E-state index in [-0.39, 0.29) is 5.82 Å². The molecule has 3 heteroatoms. The van der Waals surface area contributed by atoms with Crippen LogP contribution in [0.25, 0.3) is 0 Å². The summed E-state index contributed by atoms with van der Waals surface area (Å²) in [6.07, 6.45) is 0. The normalized spacial score (nSPS) is 22.4. The van der Waals surface area contributed by atoms with Crippen LogP contribution in [0, 0.1) is 5.82 Å². The van der Waals surface area contributed by atoms with E-state index < -0.39 is 0 Å². The molecule has 0 radical (unpaired) electrons. The molecule has 1 fully saturated rings. The first kappa shape index (κ1) is 15.2. The van der Waals surface area contributed by atoms with Crippen LogP contribution in [-0.4, -0.2) is 43.0 Å². The van der Waals surface area contributed by atoms with E-state index in [0.29, 0.717) is 12.0 Å². The van der Waals surface area contributed by atoms with E-state index in [1.54, 1.807) is 12.1 Å². The highest BCUT2D eigenvalue weighted by atomic mass is 19.1. The maximum Gasteiger partial charge on any atom is 0.123 e. The average Bonchev–Trinajstić information content (AvgIpc) is 2.93. The summed E-state index contributed by atoms with van der Waals surface area (Å²) in [5.41, 5.74) is 2.58. The first-order valence-corrected chi connectivity index (χ1v) is 7.81. The Hall–Kier alpha value is -1.71.